The average Bonchev–Trinajstić information content (AvgIpc) is 2.16. The highest BCUT2D eigenvalue weighted by molar-refractivity contribution is 5.52. The molecule has 0 aliphatic heterocycles. The van der Waals surface area contributed by atoms with Gasteiger partial charge in [0.05, 0.1) is 0 Å². The summed E-state index contributed by atoms with van der Waals surface area (Å²) in [5.74, 6) is -0.962. The highest BCUT2D eigenvalue weighted by Crippen LogP contribution is 2.36. The predicted molar refractivity (Wildman–Crippen MR) is 53.7 cm³/mol. The van der Waals surface area contributed by atoms with E-state index >= 15 is 0 Å². The van der Waals surface area contributed by atoms with Gasteiger partial charge in [-0.1, -0.05) is 13.0 Å². The number of ether oxygens (including phenoxy) is 1. The first-order chi connectivity index (χ1) is 6.58. The van der Waals surface area contributed by atoms with Gasteiger partial charge in [-0.15, -0.1) is 0 Å². The van der Waals surface area contributed by atoms with Gasteiger partial charge in [0.2, 0.25) is 5.75 Å². The number of phenols is 3. The molecule has 0 fully saturated rings. The van der Waals surface area contributed by atoms with E-state index in [2.05, 4.69) is 4.74 Å². The second-order valence-corrected chi connectivity index (χ2v) is 2.70. The summed E-state index contributed by atoms with van der Waals surface area (Å²) in [6, 6.07) is 2.93. The van der Waals surface area contributed by atoms with Crippen LogP contribution in [-0.2, 0) is 11.2 Å². The normalized spacial score (nSPS) is 9.07. The molecule has 1 rings (SSSR count). The molecule has 0 amide bonds. The molecule has 0 heterocycles. The summed E-state index contributed by atoms with van der Waals surface area (Å²) in [5.41, 5.74) is 0.625. The molecule has 0 aliphatic carbocycles. The Hall–Kier alpha value is -1.42. The maximum atomic E-state index is 9.17. The Labute approximate surface area is 83.4 Å². The van der Waals surface area contributed by atoms with Crippen LogP contribution in [0, 0.1) is 0 Å². The Kier molecular flexibility index (Phi) is 5.48. The number of methoxy groups -OCH3 is 1. The lowest BCUT2D eigenvalue weighted by molar-refractivity contribution is 0.277. The molecule has 0 radical (unpaired) electrons. The number of aromatic hydroxyl groups is 3. The third-order valence-corrected chi connectivity index (χ3v) is 1.59. The van der Waals surface area contributed by atoms with Crippen LogP contribution in [0.4, 0.5) is 0 Å². The number of hydrogen-bond acceptors (Lipinski definition) is 4. The number of phenolic OH excluding ortho intramolecular Hbond substituents is 3. The second-order valence-electron chi connectivity index (χ2n) is 2.70. The van der Waals surface area contributed by atoms with Crippen molar-refractivity contribution in [2.24, 2.45) is 0 Å². The van der Waals surface area contributed by atoms with Crippen molar-refractivity contribution in [2.75, 3.05) is 14.2 Å². The van der Waals surface area contributed by atoms with Crippen molar-refractivity contribution >= 4 is 0 Å². The smallest absolute Gasteiger partial charge is 0.200 e. The van der Waals surface area contributed by atoms with E-state index in [1.54, 1.807) is 20.3 Å². The summed E-state index contributed by atoms with van der Waals surface area (Å²) in [4.78, 5) is 0. The van der Waals surface area contributed by atoms with E-state index in [-0.39, 0.29) is 11.5 Å². The fraction of sp³-hybridized carbons (Fsp3) is 0.400. The van der Waals surface area contributed by atoms with Crippen molar-refractivity contribution in [3.05, 3.63) is 17.7 Å². The minimum Gasteiger partial charge on any atom is -0.504 e. The lowest BCUT2D eigenvalue weighted by Gasteiger charge is -2.04. The molecule has 14 heavy (non-hydrogen) atoms. The van der Waals surface area contributed by atoms with Gasteiger partial charge in [0.1, 0.15) is 0 Å². The second kappa shape index (κ2) is 6.10. The van der Waals surface area contributed by atoms with E-state index < -0.39 is 5.75 Å². The zero-order valence-electron chi connectivity index (χ0n) is 8.61. The molecule has 0 saturated carbocycles. The van der Waals surface area contributed by atoms with Crippen LogP contribution < -0.4 is 0 Å². The van der Waals surface area contributed by atoms with Gasteiger partial charge in [0, 0.05) is 14.2 Å². The molecule has 0 saturated heterocycles. The van der Waals surface area contributed by atoms with E-state index in [0.29, 0.717) is 12.0 Å². The van der Waals surface area contributed by atoms with Crippen LogP contribution in [0.25, 0.3) is 0 Å². The molecule has 0 atom stereocenters. The third kappa shape index (κ3) is 3.14. The largest absolute Gasteiger partial charge is 0.504 e. The quantitative estimate of drug-likeness (QED) is 0.602. The van der Waals surface area contributed by atoms with Crippen LogP contribution in [0.1, 0.15) is 12.5 Å². The summed E-state index contributed by atoms with van der Waals surface area (Å²) >= 11 is 0. The highest BCUT2D eigenvalue weighted by atomic mass is 16.4. The molecule has 1 aromatic carbocycles. The van der Waals surface area contributed by atoms with Crippen LogP contribution in [0.2, 0.25) is 0 Å². The van der Waals surface area contributed by atoms with E-state index in [0.717, 1.165) is 0 Å². The van der Waals surface area contributed by atoms with Crippen molar-refractivity contribution in [1.29, 1.82) is 0 Å². The van der Waals surface area contributed by atoms with Gasteiger partial charge in [0.25, 0.3) is 0 Å². The molecule has 0 spiro atoms. The molecule has 0 aliphatic rings. The highest BCUT2D eigenvalue weighted by Gasteiger charge is 2.08. The van der Waals surface area contributed by atoms with Crippen molar-refractivity contribution in [1.82, 2.24) is 0 Å². The zero-order valence-corrected chi connectivity index (χ0v) is 8.61. The topological polar surface area (TPSA) is 69.9 Å². The number of benzene rings is 1. The molecule has 0 bridgehead atoms. The molecular weight excluding hydrogens is 184 g/mol. The van der Waals surface area contributed by atoms with E-state index in [1.165, 1.54) is 6.07 Å². The number of aryl methyl sites for hydroxylation is 1. The SMILES string of the molecule is CCc1ccc(O)c(O)c1O.COC. The van der Waals surface area contributed by atoms with Crippen LogP contribution in [0.3, 0.4) is 0 Å². The first kappa shape index (κ1) is 12.6. The summed E-state index contributed by atoms with van der Waals surface area (Å²) in [6.45, 7) is 1.85. The van der Waals surface area contributed by atoms with Crippen LogP contribution in [0.15, 0.2) is 12.1 Å². The monoisotopic (exact) mass is 200 g/mol. The van der Waals surface area contributed by atoms with Crippen LogP contribution in [-0.4, -0.2) is 29.5 Å². The molecular formula is C10H16O4. The Balaban J connectivity index is 0.000000500. The third-order valence-electron chi connectivity index (χ3n) is 1.59. The number of rotatable bonds is 1. The first-order valence-electron chi connectivity index (χ1n) is 4.21. The number of hydrogen-bond donors (Lipinski definition) is 3. The average molecular weight is 200 g/mol. The molecule has 4 nitrogen and oxygen atoms in total. The molecule has 0 aromatic heterocycles. The van der Waals surface area contributed by atoms with Crippen molar-refractivity contribution in [3.8, 4) is 17.2 Å². The summed E-state index contributed by atoms with van der Waals surface area (Å²) in [6.07, 6.45) is 0.625. The van der Waals surface area contributed by atoms with Gasteiger partial charge in [-0.05, 0) is 18.1 Å². The summed E-state index contributed by atoms with van der Waals surface area (Å²) < 4.78 is 4.25. The lowest BCUT2D eigenvalue weighted by atomic mass is 10.1. The fourth-order valence-corrected chi connectivity index (χ4v) is 0.896. The van der Waals surface area contributed by atoms with E-state index in [1.807, 2.05) is 6.92 Å². The Morgan fingerprint density at radius 1 is 1.07 bits per heavy atom. The van der Waals surface area contributed by atoms with Gasteiger partial charge in [0.15, 0.2) is 11.5 Å². The van der Waals surface area contributed by atoms with Gasteiger partial charge in [-0.2, -0.15) is 0 Å². The van der Waals surface area contributed by atoms with Crippen LogP contribution >= 0.6 is 0 Å². The standard InChI is InChI=1S/C8H10O3.C2H6O/c1-2-5-3-4-6(9)8(11)7(5)10;1-3-2/h3-4,9-11H,2H2,1H3;1-2H3. The summed E-state index contributed by atoms with van der Waals surface area (Å²) in [7, 11) is 3.25. The predicted octanol–water partition coefficient (Wildman–Crippen LogP) is 1.63. The van der Waals surface area contributed by atoms with Crippen molar-refractivity contribution in [3.63, 3.8) is 0 Å². The molecule has 1 aromatic rings. The Morgan fingerprint density at radius 3 is 2.00 bits per heavy atom. The lowest BCUT2D eigenvalue weighted by Crippen LogP contribution is -1.81. The minimum atomic E-state index is -0.440. The van der Waals surface area contributed by atoms with E-state index in [9.17, 15) is 0 Å². The first-order valence-corrected chi connectivity index (χ1v) is 4.21. The van der Waals surface area contributed by atoms with Crippen LogP contribution in [0.5, 0.6) is 17.2 Å². The Bertz CT molecular complexity index is 284. The minimum absolute atomic E-state index is 0.229. The van der Waals surface area contributed by atoms with Gasteiger partial charge in [-0.3, -0.25) is 0 Å². The molecule has 80 valence electrons. The summed E-state index contributed by atoms with van der Waals surface area (Å²) in [5, 5.41) is 27.1. The van der Waals surface area contributed by atoms with Crippen molar-refractivity contribution < 1.29 is 20.1 Å². The van der Waals surface area contributed by atoms with Gasteiger partial charge < -0.3 is 20.1 Å². The fourth-order valence-electron chi connectivity index (χ4n) is 0.896. The van der Waals surface area contributed by atoms with Gasteiger partial charge in [-0.25, -0.2) is 0 Å². The molecule has 3 N–H and O–H groups in total. The maximum Gasteiger partial charge on any atom is 0.200 e. The van der Waals surface area contributed by atoms with Crippen molar-refractivity contribution in [2.45, 2.75) is 13.3 Å². The molecule has 4 heteroatoms. The van der Waals surface area contributed by atoms with Gasteiger partial charge >= 0.3 is 0 Å². The molecule has 0 unspecified atom stereocenters. The van der Waals surface area contributed by atoms with E-state index in [4.69, 9.17) is 15.3 Å². The maximum absolute atomic E-state index is 9.17. The zero-order chi connectivity index (χ0) is 11.1. The Morgan fingerprint density at radius 2 is 1.57 bits per heavy atom.